The highest BCUT2D eigenvalue weighted by Crippen LogP contribution is 2.35. The monoisotopic (exact) mass is 326 g/mol. The average molecular weight is 326 g/mol. The second-order valence-electron chi connectivity index (χ2n) is 6.42. The highest BCUT2D eigenvalue weighted by atomic mass is 19.4. The summed E-state index contributed by atoms with van der Waals surface area (Å²) in [5, 5.41) is 8.83. The van der Waals surface area contributed by atoms with Gasteiger partial charge in [-0.1, -0.05) is 27.2 Å². The second kappa shape index (κ2) is 7.03. The molecule has 6 heteroatoms. The van der Waals surface area contributed by atoms with E-state index in [1.54, 1.807) is 6.92 Å². The molecule has 0 aromatic heterocycles. The third kappa shape index (κ3) is 4.72. The SMILES string of the molecule is CCC(C)(C)C[C@H](C)N(C=O)c1ccc(C#N)c(C(F)(F)F)c1. The molecule has 0 saturated heterocycles. The quantitative estimate of drug-likeness (QED) is 0.708. The van der Waals surface area contributed by atoms with Gasteiger partial charge in [0.1, 0.15) is 0 Å². The van der Waals surface area contributed by atoms with Gasteiger partial charge < -0.3 is 4.90 Å². The number of amides is 1. The van der Waals surface area contributed by atoms with Crippen LogP contribution in [0.1, 0.15) is 51.7 Å². The molecule has 1 aromatic rings. The molecule has 1 rings (SSSR count). The van der Waals surface area contributed by atoms with E-state index in [0.29, 0.717) is 12.8 Å². The molecule has 0 radical (unpaired) electrons. The molecular formula is C17H21F3N2O. The fraction of sp³-hybridized carbons (Fsp3) is 0.529. The van der Waals surface area contributed by atoms with Crippen molar-refractivity contribution < 1.29 is 18.0 Å². The summed E-state index contributed by atoms with van der Waals surface area (Å²) >= 11 is 0. The van der Waals surface area contributed by atoms with E-state index in [2.05, 4.69) is 0 Å². The summed E-state index contributed by atoms with van der Waals surface area (Å²) in [4.78, 5) is 12.7. The first kappa shape index (κ1) is 19.0. The summed E-state index contributed by atoms with van der Waals surface area (Å²) in [6.45, 7) is 7.93. The van der Waals surface area contributed by atoms with Crippen molar-refractivity contribution in [3.63, 3.8) is 0 Å². The smallest absolute Gasteiger partial charge is 0.312 e. The minimum atomic E-state index is -4.64. The zero-order valence-electron chi connectivity index (χ0n) is 13.7. The van der Waals surface area contributed by atoms with Gasteiger partial charge in [-0.3, -0.25) is 4.79 Å². The number of alkyl halides is 3. The van der Waals surface area contributed by atoms with Gasteiger partial charge in [0.15, 0.2) is 0 Å². The summed E-state index contributed by atoms with van der Waals surface area (Å²) < 4.78 is 39.2. The molecule has 0 spiro atoms. The number of carbonyl (C=O) groups excluding carboxylic acids is 1. The first-order valence-electron chi connectivity index (χ1n) is 7.40. The van der Waals surface area contributed by atoms with Gasteiger partial charge in [-0.15, -0.1) is 0 Å². The van der Waals surface area contributed by atoms with Crippen LogP contribution in [0.4, 0.5) is 18.9 Å². The van der Waals surface area contributed by atoms with Crippen molar-refractivity contribution in [1.82, 2.24) is 0 Å². The third-order valence-corrected chi connectivity index (χ3v) is 4.12. The van der Waals surface area contributed by atoms with E-state index >= 15 is 0 Å². The molecule has 0 unspecified atom stereocenters. The van der Waals surface area contributed by atoms with Crippen molar-refractivity contribution in [2.24, 2.45) is 5.41 Å². The molecule has 0 aliphatic carbocycles. The molecule has 1 aromatic carbocycles. The van der Waals surface area contributed by atoms with Crippen molar-refractivity contribution >= 4 is 12.1 Å². The largest absolute Gasteiger partial charge is 0.417 e. The molecule has 1 amide bonds. The van der Waals surface area contributed by atoms with Crippen LogP contribution >= 0.6 is 0 Å². The Kier molecular flexibility index (Phi) is 5.81. The van der Waals surface area contributed by atoms with Crippen molar-refractivity contribution in [3.05, 3.63) is 29.3 Å². The van der Waals surface area contributed by atoms with Crippen LogP contribution in [0.3, 0.4) is 0 Å². The summed E-state index contributed by atoms with van der Waals surface area (Å²) in [5.41, 5.74) is -1.36. The standard InChI is InChI=1S/C17H21F3N2O/c1-5-16(3,4)9-12(2)22(11-23)14-7-6-13(10-21)15(8-14)17(18,19)20/h6-8,11-12H,5,9H2,1-4H3/t12-/m0/s1. The third-order valence-electron chi connectivity index (χ3n) is 4.12. The fourth-order valence-electron chi connectivity index (χ4n) is 2.49. The summed E-state index contributed by atoms with van der Waals surface area (Å²) in [6.07, 6.45) is -2.55. The molecular weight excluding hydrogens is 305 g/mol. The van der Waals surface area contributed by atoms with E-state index in [4.69, 9.17) is 5.26 Å². The number of nitrogens with zero attached hydrogens (tertiary/aromatic N) is 2. The number of hydrogen-bond acceptors (Lipinski definition) is 2. The minimum absolute atomic E-state index is 0.0277. The maximum absolute atomic E-state index is 13.1. The van der Waals surface area contributed by atoms with Gasteiger partial charge >= 0.3 is 6.18 Å². The summed E-state index contributed by atoms with van der Waals surface area (Å²) in [7, 11) is 0. The number of nitriles is 1. The lowest BCUT2D eigenvalue weighted by atomic mass is 9.83. The molecule has 0 saturated carbocycles. The Morgan fingerprint density at radius 3 is 2.39 bits per heavy atom. The van der Waals surface area contributed by atoms with Gasteiger partial charge in [0.05, 0.1) is 17.2 Å². The zero-order valence-corrected chi connectivity index (χ0v) is 13.7. The van der Waals surface area contributed by atoms with Gasteiger partial charge in [-0.05, 0) is 37.0 Å². The van der Waals surface area contributed by atoms with Crippen LogP contribution in [0, 0.1) is 16.7 Å². The van der Waals surface area contributed by atoms with Gasteiger partial charge in [-0.25, -0.2) is 0 Å². The van der Waals surface area contributed by atoms with Gasteiger partial charge in [0, 0.05) is 11.7 Å². The average Bonchev–Trinajstić information content (AvgIpc) is 2.46. The number of anilines is 1. The van der Waals surface area contributed by atoms with E-state index < -0.39 is 17.3 Å². The molecule has 3 nitrogen and oxygen atoms in total. The number of carbonyl (C=O) groups is 1. The number of hydrogen-bond donors (Lipinski definition) is 0. The van der Waals surface area contributed by atoms with Gasteiger partial charge in [0.25, 0.3) is 0 Å². The molecule has 0 bridgehead atoms. The minimum Gasteiger partial charge on any atom is -0.312 e. The van der Waals surface area contributed by atoms with Gasteiger partial charge in [0.2, 0.25) is 6.41 Å². The molecule has 126 valence electrons. The van der Waals surface area contributed by atoms with Crippen LogP contribution in [0.2, 0.25) is 0 Å². The van der Waals surface area contributed by atoms with Crippen LogP contribution in [-0.4, -0.2) is 12.5 Å². The molecule has 0 fully saturated rings. The maximum atomic E-state index is 13.1. The lowest BCUT2D eigenvalue weighted by Gasteiger charge is -2.32. The fourth-order valence-corrected chi connectivity index (χ4v) is 2.49. The molecule has 0 heterocycles. The van der Waals surface area contributed by atoms with Crippen molar-refractivity contribution in [3.8, 4) is 6.07 Å². The molecule has 0 N–H and O–H groups in total. The Morgan fingerprint density at radius 2 is 1.96 bits per heavy atom. The highest BCUT2D eigenvalue weighted by Gasteiger charge is 2.34. The Morgan fingerprint density at radius 1 is 1.35 bits per heavy atom. The second-order valence-corrected chi connectivity index (χ2v) is 6.42. The van der Waals surface area contributed by atoms with E-state index in [9.17, 15) is 18.0 Å². The molecule has 1 atom stereocenters. The Balaban J connectivity index is 3.22. The highest BCUT2D eigenvalue weighted by molar-refractivity contribution is 5.76. The first-order chi connectivity index (χ1) is 10.6. The Hall–Kier alpha value is -2.03. The summed E-state index contributed by atoms with van der Waals surface area (Å²) in [5.74, 6) is 0. The number of benzene rings is 1. The maximum Gasteiger partial charge on any atom is 0.417 e. The van der Waals surface area contributed by atoms with Crippen LogP contribution in [0.25, 0.3) is 0 Å². The number of rotatable bonds is 6. The molecule has 0 aliphatic heterocycles. The number of halogens is 3. The van der Waals surface area contributed by atoms with Gasteiger partial charge in [-0.2, -0.15) is 18.4 Å². The topological polar surface area (TPSA) is 44.1 Å². The lowest BCUT2D eigenvalue weighted by molar-refractivity contribution is -0.137. The Labute approximate surface area is 134 Å². The van der Waals surface area contributed by atoms with Crippen LogP contribution in [-0.2, 0) is 11.0 Å². The molecule has 23 heavy (non-hydrogen) atoms. The zero-order chi connectivity index (χ0) is 17.8. The van der Waals surface area contributed by atoms with Crippen molar-refractivity contribution in [1.29, 1.82) is 5.26 Å². The van der Waals surface area contributed by atoms with E-state index in [1.165, 1.54) is 17.0 Å². The van der Waals surface area contributed by atoms with Crippen LogP contribution < -0.4 is 4.90 Å². The summed E-state index contributed by atoms with van der Waals surface area (Å²) in [6, 6.07) is 4.62. The van der Waals surface area contributed by atoms with Crippen molar-refractivity contribution in [2.75, 3.05) is 4.90 Å². The van der Waals surface area contributed by atoms with Crippen LogP contribution in [0.15, 0.2) is 18.2 Å². The molecule has 0 aliphatic rings. The first-order valence-corrected chi connectivity index (χ1v) is 7.40. The predicted molar refractivity (Wildman–Crippen MR) is 82.9 cm³/mol. The normalized spacial score (nSPS) is 13.3. The lowest BCUT2D eigenvalue weighted by Crippen LogP contribution is -2.35. The predicted octanol–water partition coefficient (Wildman–Crippen LogP) is 4.75. The van der Waals surface area contributed by atoms with E-state index in [-0.39, 0.29) is 17.1 Å². The van der Waals surface area contributed by atoms with Crippen molar-refractivity contribution in [2.45, 2.75) is 52.8 Å². The van der Waals surface area contributed by atoms with Crippen LogP contribution in [0.5, 0.6) is 0 Å². The Bertz CT molecular complexity index is 603. The van der Waals surface area contributed by atoms with E-state index in [0.717, 1.165) is 18.6 Å². The van der Waals surface area contributed by atoms with E-state index in [1.807, 2.05) is 20.8 Å².